The Morgan fingerprint density at radius 1 is 1.06 bits per heavy atom. The first kappa shape index (κ1) is 13.2. The SMILES string of the molecule is O=C1CCN(Cc2c(Cl)ccc(Cl)c2Cl)CC1. The van der Waals surface area contributed by atoms with Crippen molar-refractivity contribution in [3.63, 3.8) is 0 Å². The normalized spacial score (nSPS) is 17.5. The van der Waals surface area contributed by atoms with Crippen molar-refractivity contribution in [3.8, 4) is 0 Å². The van der Waals surface area contributed by atoms with E-state index in [9.17, 15) is 4.79 Å². The molecule has 0 unspecified atom stereocenters. The Hall–Kier alpha value is -0.280. The predicted octanol–water partition coefficient (Wildman–Crippen LogP) is 3.81. The van der Waals surface area contributed by atoms with Crippen LogP contribution in [0.25, 0.3) is 0 Å². The van der Waals surface area contributed by atoms with E-state index in [4.69, 9.17) is 34.8 Å². The van der Waals surface area contributed by atoms with Gasteiger partial charge >= 0.3 is 0 Å². The number of Topliss-reactive ketones (excluding diaryl/α,β-unsaturated/α-hetero) is 1. The molecule has 0 atom stereocenters. The summed E-state index contributed by atoms with van der Waals surface area (Å²) in [7, 11) is 0. The second-order valence-corrected chi connectivity index (χ2v) is 5.33. The molecule has 0 radical (unpaired) electrons. The average molecular weight is 293 g/mol. The van der Waals surface area contributed by atoms with E-state index in [1.54, 1.807) is 12.1 Å². The second kappa shape index (κ2) is 5.57. The highest BCUT2D eigenvalue weighted by Gasteiger charge is 2.19. The molecule has 2 rings (SSSR count). The number of benzene rings is 1. The molecule has 1 saturated heterocycles. The quantitative estimate of drug-likeness (QED) is 0.773. The third-order valence-electron chi connectivity index (χ3n) is 2.93. The van der Waals surface area contributed by atoms with Gasteiger partial charge in [0.1, 0.15) is 5.78 Å². The summed E-state index contributed by atoms with van der Waals surface area (Å²) in [5.41, 5.74) is 0.843. The van der Waals surface area contributed by atoms with Crippen LogP contribution in [0.2, 0.25) is 15.1 Å². The lowest BCUT2D eigenvalue weighted by Gasteiger charge is -2.26. The van der Waals surface area contributed by atoms with Crippen LogP contribution in [0.3, 0.4) is 0 Å². The van der Waals surface area contributed by atoms with Gasteiger partial charge in [0, 0.05) is 43.1 Å². The minimum absolute atomic E-state index is 0.324. The van der Waals surface area contributed by atoms with Crippen molar-refractivity contribution in [3.05, 3.63) is 32.8 Å². The van der Waals surface area contributed by atoms with E-state index >= 15 is 0 Å². The summed E-state index contributed by atoms with van der Waals surface area (Å²) in [4.78, 5) is 13.3. The summed E-state index contributed by atoms with van der Waals surface area (Å²) >= 11 is 18.2. The minimum Gasteiger partial charge on any atom is -0.300 e. The third-order valence-corrected chi connectivity index (χ3v) is 4.13. The lowest BCUT2D eigenvalue weighted by atomic mass is 10.1. The molecule has 1 aliphatic rings. The number of piperidine rings is 1. The van der Waals surface area contributed by atoms with Crippen molar-refractivity contribution in [2.45, 2.75) is 19.4 Å². The molecule has 1 heterocycles. The average Bonchev–Trinajstić information content (AvgIpc) is 2.32. The van der Waals surface area contributed by atoms with E-state index in [0.717, 1.165) is 18.7 Å². The number of halogens is 3. The lowest BCUT2D eigenvalue weighted by molar-refractivity contribution is -0.121. The molecule has 0 N–H and O–H groups in total. The van der Waals surface area contributed by atoms with Crippen LogP contribution in [-0.4, -0.2) is 23.8 Å². The molecular formula is C12H12Cl3NO. The van der Waals surface area contributed by atoms with Crippen LogP contribution in [0.5, 0.6) is 0 Å². The molecule has 1 fully saturated rings. The van der Waals surface area contributed by atoms with E-state index < -0.39 is 0 Å². The van der Waals surface area contributed by atoms with Crippen LogP contribution in [0.15, 0.2) is 12.1 Å². The van der Waals surface area contributed by atoms with Crippen LogP contribution in [0.1, 0.15) is 18.4 Å². The molecule has 0 aromatic heterocycles. The molecular weight excluding hydrogens is 280 g/mol. The smallest absolute Gasteiger partial charge is 0.135 e. The van der Waals surface area contributed by atoms with Gasteiger partial charge in [0.25, 0.3) is 0 Å². The number of nitrogens with zero attached hydrogens (tertiary/aromatic N) is 1. The van der Waals surface area contributed by atoms with E-state index in [-0.39, 0.29) is 0 Å². The van der Waals surface area contributed by atoms with Crippen molar-refractivity contribution >= 4 is 40.6 Å². The number of ketones is 1. The predicted molar refractivity (Wildman–Crippen MR) is 71.0 cm³/mol. The largest absolute Gasteiger partial charge is 0.300 e. The van der Waals surface area contributed by atoms with Gasteiger partial charge in [-0.05, 0) is 12.1 Å². The van der Waals surface area contributed by atoms with Crippen molar-refractivity contribution in [2.75, 3.05) is 13.1 Å². The van der Waals surface area contributed by atoms with E-state index in [1.807, 2.05) is 0 Å². The molecule has 0 saturated carbocycles. The highest BCUT2D eigenvalue weighted by atomic mass is 35.5. The van der Waals surface area contributed by atoms with Gasteiger partial charge in [-0.15, -0.1) is 0 Å². The van der Waals surface area contributed by atoms with Crippen LogP contribution in [0, 0.1) is 0 Å². The molecule has 1 aromatic rings. The topological polar surface area (TPSA) is 20.3 Å². The fourth-order valence-corrected chi connectivity index (χ4v) is 2.57. The molecule has 0 amide bonds. The van der Waals surface area contributed by atoms with E-state index in [2.05, 4.69) is 4.90 Å². The van der Waals surface area contributed by atoms with Gasteiger partial charge in [-0.25, -0.2) is 0 Å². The summed E-state index contributed by atoms with van der Waals surface area (Å²) in [5, 5.41) is 1.64. The Labute approximate surface area is 115 Å². The highest BCUT2D eigenvalue weighted by molar-refractivity contribution is 6.44. The monoisotopic (exact) mass is 291 g/mol. The number of hydrogen-bond donors (Lipinski definition) is 0. The maximum atomic E-state index is 11.1. The standard InChI is InChI=1S/C12H12Cl3NO/c13-10-1-2-11(14)12(15)9(10)7-16-5-3-8(17)4-6-16/h1-2H,3-7H2. The zero-order valence-electron chi connectivity index (χ0n) is 9.18. The molecule has 92 valence electrons. The van der Waals surface area contributed by atoms with Crippen LogP contribution in [-0.2, 0) is 11.3 Å². The number of carbonyl (C=O) groups is 1. The van der Waals surface area contributed by atoms with Gasteiger partial charge in [0.2, 0.25) is 0 Å². The Morgan fingerprint density at radius 3 is 2.29 bits per heavy atom. The molecule has 0 aliphatic carbocycles. The van der Waals surface area contributed by atoms with Crippen molar-refractivity contribution in [1.29, 1.82) is 0 Å². The number of rotatable bonds is 2. The van der Waals surface area contributed by atoms with E-state index in [1.165, 1.54) is 0 Å². The summed E-state index contributed by atoms with van der Waals surface area (Å²) in [6.07, 6.45) is 1.21. The molecule has 0 bridgehead atoms. The maximum Gasteiger partial charge on any atom is 0.135 e. The highest BCUT2D eigenvalue weighted by Crippen LogP contribution is 2.32. The molecule has 1 aromatic carbocycles. The summed E-state index contributed by atoms with van der Waals surface area (Å²) in [6.45, 7) is 2.17. The number of hydrogen-bond acceptors (Lipinski definition) is 2. The fraction of sp³-hybridized carbons (Fsp3) is 0.417. The van der Waals surface area contributed by atoms with Crippen molar-refractivity contribution in [1.82, 2.24) is 4.90 Å². The van der Waals surface area contributed by atoms with Gasteiger partial charge < -0.3 is 0 Å². The summed E-state index contributed by atoms with van der Waals surface area (Å²) < 4.78 is 0. The van der Waals surface area contributed by atoms with Crippen LogP contribution < -0.4 is 0 Å². The Kier molecular flexibility index (Phi) is 4.31. The van der Waals surface area contributed by atoms with Gasteiger partial charge in [0.15, 0.2) is 0 Å². The second-order valence-electron chi connectivity index (χ2n) is 4.14. The molecule has 5 heteroatoms. The summed E-state index contributed by atoms with van der Waals surface area (Å²) in [6, 6.07) is 3.44. The van der Waals surface area contributed by atoms with Gasteiger partial charge in [-0.3, -0.25) is 9.69 Å². The number of carbonyl (C=O) groups excluding carboxylic acids is 1. The van der Waals surface area contributed by atoms with Crippen LogP contribution in [0.4, 0.5) is 0 Å². The van der Waals surface area contributed by atoms with Crippen molar-refractivity contribution in [2.24, 2.45) is 0 Å². The molecule has 0 spiro atoms. The first-order valence-electron chi connectivity index (χ1n) is 5.44. The van der Waals surface area contributed by atoms with Crippen molar-refractivity contribution < 1.29 is 4.79 Å². The Morgan fingerprint density at radius 2 is 1.65 bits per heavy atom. The Balaban J connectivity index is 2.13. The van der Waals surface area contributed by atoms with Crippen LogP contribution >= 0.6 is 34.8 Å². The van der Waals surface area contributed by atoms with Gasteiger partial charge in [-0.2, -0.15) is 0 Å². The van der Waals surface area contributed by atoms with Gasteiger partial charge in [-0.1, -0.05) is 34.8 Å². The minimum atomic E-state index is 0.324. The zero-order valence-corrected chi connectivity index (χ0v) is 11.4. The van der Waals surface area contributed by atoms with Gasteiger partial charge in [0.05, 0.1) is 10.0 Å². The summed E-state index contributed by atoms with van der Waals surface area (Å²) in [5.74, 6) is 0.324. The maximum absolute atomic E-state index is 11.1. The lowest BCUT2D eigenvalue weighted by Crippen LogP contribution is -2.33. The molecule has 2 nitrogen and oxygen atoms in total. The third kappa shape index (κ3) is 3.14. The van der Waals surface area contributed by atoms with E-state index in [0.29, 0.717) is 40.2 Å². The first-order valence-corrected chi connectivity index (χ1v) is 6.57. The Bertz CT molecular complexity index is 438. The molecule has 17 heavy (non-hydrogen) atoms. The number of likely N-dealkylation sites (tertiary alicyclic amines) is 1. The first-order chi connectivity index (χ1) is 8.08. The fourth-order valence-electron chi connectivity index (χ4n) is 1.90. The zero-order chi connectivity index (χ0) is 12.4. The molecule has 1 aliphatic heterocycles.